The van der Waals surface area contributed by atoms with Crippen molar-refractivity contribution in [3.63, 3.8) is 0 Å². The van der Waals surface area contributed by atoms with Crippen LogP contribution in [0.3, 0.4) is 0 Å². The number of nitrogens with zero attached hydrogens (tertiary/aromatic N) is 2. The summed E-state index contributed by atoms with van der Waals surface area (Å²) in [5, 5.41) is 17.1. The van der Waals surface area contributed by atoms with Gasteiger partial charge in [-0.3, -0.25) is 0 Å². The number of benzene rings is 2. The Labute approximate surface area is 149 Å². The van der Waals surface area contributed by atoms with Gasteiger partial charge in [-0.25, -0.2) is 4.79 Å². The molecule has 0 radical (unpaired) electrons. The van der Waals surface area contributed by atoms with Crippen molar-refractivity contribution in [3.8, 4) is 22.6 Å². The molecular weight excluding hydrogens is 351 g/mol. The number of halogens is 2. The molecule has 7 heteroatoms. The molecule has 0 unspecified atom stereocenters. The predicted octanol–water partition coefficient (Wildman–Crippen LogP) is 4.71. The van der Waals surface area contributed by atoms with Gasteiger partial charge in [0, 0.05) is 16.1 Å². The van der Waals surface area contributed by atoms with Crippen molar-refractivity contribution in [2.75, 3.05) is 0 Å². The van der Waals surface area contributed by atoms with Crippen LogP contribution in [0.15, 0.2) is 60.9 Å². The van der Waals surface area contributed by atoms with Crippen molar-refractivity contribution in [1.29, 1.82) is 0 Å². The minimum atomic E-state index is -0.980. The largest absolute Gasteiger partial charge is 0.478 e. The van der Waals surface area contributed by atoms with Gasteiger partial charge in [-0.05, 0) is 48.5 Å². The molecule has 0 amide bonds. The maximum atomic E-state index is 10.9. The lowest BCUT2D eigenvalue weighted by atomic mass is 10.1. The third-order valence-electron chi connectivity index (χ3n) is 3.17. The van der Waals surface area contributed by atoms with Crippen molar-refractivity contribution in [1.82, 2.24) is 10.2 Å². The van der Waals surface area contributed by atoms with Crippen LogP contribution in [-0.2, 0) is 0 Å². The van der Waals surface area contributed by atoms with E-state index in [4.69, 9.17) is 21.4 Å². The molecule has 0 saturated heterocycles. The molecule has 0 saturated carbocycles. The van der Waals surface area contributed by atoms with Gasteiger partial charge in [0.1, 0.15) is 11.5 Å². The van der Waals surface area contributed by atoms with Gasteiger partial charge >= 0.3 is 5.97 Å². The van der Waals surface area contributed by atoms with Crippen LogP contribution in [-0.4, -0.2) is 21.3 Å². The summed E-state index contributed by atoms with van der Waals surface area (Å²) in [4.78, 5) is 10.9. The lowest BCUT2D eigenvalue weighted by molar-refractivity contribution is 0.0697. The summed E-state index contributed by atoms with van der Waals surface area (Å²) in [6.07, 6.45) is 3.20. The van der Waals surface area contributed by atoms with Gasteiger partial charge in [0.2, 0.25) is 0 Å². The highest BCUT2D eigenvalue weighted by atomic mass is 35.5. The summed E-state index contributed by atoms with van der Waals surface area (Å²) in [7, 11) is 0. The molecular formula is C17H12Cl2N2O3. The van der Waals surface area contributed by atoms with E-state index in [0.717, 1.165) is 11.1 Å². The number of carboxylic acid groups (broad SMARTS) is 1. The van der Waals surface area contributed by atoms with Crippen LogP contribution in [0, 0.1) is 0 Å². The van der Waals surface area contributed by atoms with Crippen molar-refractivity contribution >= 4 is 30.0 Å². The highest BCUT2D eigenvalue weighted by molar-refractivity contribution is 6.31. The summed E-state index contributed by atoms with van der Waals surface area (Å²) in [5.41, 5.74) is 1.79. The fourth-order valence-electron chi connectivity index (χ4n) is 2.06. The molecule has 0 fully saturated rings. The Morgan fingerprint density at radius 2 is 1.79 bits per heavy atom. The second-order valence-corrected chi connectivity index (χ2v) is 5.14. The molecule has 0 spiro atoms. The SMILES string of the molecule is Cl.O=C(O)c1ccc(Oc2ccc(Cl)cc2-c2ccnnc2)cc1. The van der Waals surface area contributed by atoms with Crippen LogP contribution < -0.4 is 4.74 Å². The van der Waals surface area contributed by atoms with Gasteiger partial charge in [-0.1, -0.05) is 11.6 Å². The lowest BCUT2D eigenvalue weighted by Gasteiger charge is -2.11. The highest BCUT2D eigenvalue weighted by Crippen LogP contribution is 2.35. The average molecular weight is 363 g/mol. The Balaban J connectivity index is 0.00000208. The first-order chi connectivity index (χ1) is 11.1. The first kappa shape index (κ1) is 17.7. The van der Waals surface area contributed by atoms with E-state index in [2.05, 4.69) is 10.2 Å². The third kappa shape index (κ3) is 4.01. The Morgan fingerprint density at radius 3 is 2.42 bits per heavy atom. The number of hydrogen-bond acceptors (Lipinski definition) is 4. The van der Waals surface area contributed by atoms with Gasteiger partial charge in [0.25, 0.3) is 0 Å². The molecule has 3 rings (SSSR count). The van der Waals surface area contributed by atoms with Gasteiger partial charge in [-0.15, -0.1) is 12.4 Å². The van der Waals surface area contributed by atoms with E-state index in [1.54, 1.807) is 48.8 Å². The van der Waals surface area contributed by atoms with E-state index in [1.807, 2.05) is 0 Å². The number of aromatic nitrogens is 2. The summed E-state index contributed by atoms with van der Waals surface area (Å²) in [6.45, 7) is 0. The molecule has 2 aromatic carbocycles. The molecule has 24 heavy (non-hydrogen) atoms. The highest BCUT2D eigenvalue weighted by Gasteiger charge is 2.10. The second-order valence-electron chi connectivity index (χ2n) is 4.70. The molecule has 1 N–H and O–H groups in total. The number of carbonyl (C=O) groups is 1. The minimum Gasteiger partial charge on any atom is -0.478 e. The number of ether oxygens (including phenoxy) is 1. The predicted molar refractivity (Wildman–Crippen MR) is 93.2 cm³/mol. The maximum absolute atomic E-state index is 10.9. The van der Waals surface area contributed by atoms with E-state index in [-0.39, 0.29) is 18.0 Å². The molecule has 0 atom stereocenters. The fraction of sp³-hybridized carbons (Fsp3) is 0. The van der Waals surface area contributed by atoms with Crippen molar-refractivity contribution in [3.05, 3.63) is 71.5 Å². The topological polar surface area (TPSA) is 72.3 Å². The molecule has 0 aliphatic rings. The molecule has 0 aliphatic carbocycles. The zero-order valence-electron chi connectivity index (χ0n) is 12.2. The number of hydrogen-bond donors (Lipinski definition) is 1. The molecule has 1 aromatic heterocycles. The first-order valence-electron chi connectivity index (χ1n) is 6.71. The smallest absolute Gasteiger partial charge is 0.335 e. The van der Waals surface area contributed by atoms with Crippen molar-refractivity contribution < 1.29 is 14.6 Å². The summed E-state index contributed by atoms with van der Waals surface area (Å²) < 4.78 is 5.85. The normalized spacial score (nSPS) is 9.88. The Bertz CT molecular complexity index is 840. The zero-order valence-corrected chi connectivity index (χ0v) is 13.8. The fourth-order valence-corrected chi connectivity index (χ4v) is 2.23. The number of carboxylic acids is 1. The van der Waals surface area contributed by atoms with Gasteiger partial charge < -0.3 is 9.84 Å². The monoisotopic (exact) mass is 362 g/mol. The number of rotatable bonds is 4. The maximum Gasteiger partial charge on any atom is 0.335 e. The Hall–Kier alpha value is -2.63. The first-order valence-corrected chi connectivity index (χ1v) is 7.09. The number of aromatic carboxylic acids is 1. The van der Waals surface area contributed by atoms with Crippen LogP contribution in [0.2, 0.25) is 5.02 Å². The van der Waals surface area contributed by atoms with Crippen LogP contribution >= 0.6 is 24.0 Å². The average Bonchev–Trinajstić information content (AvgIpc) is 2.58. The van der Waals surface area contributed by atoms with Gasteiger partial charge in [-0.2, -0.15) is 10.2 Å². The Morgan fingerprint density at radius 1 is 1.04 bits per heavy atom. The van der Waals surface area contributed by atoms with E-state index in [0.29, 0.717) is 16.5 Å². The molecule has 0 bridgehead atoms. The molecule has 0 aliphatic heterocycles. The van der Waals surface area contributed by atoms with Gasteiger partial charge in [0.15, 0.2) is 0 Å². The van der Waals surface area contributed by atoms with Crippen LogP contribution in [0.25, 0.3) is 11.1 Å². The lowest BCUT2D eigenvalue weighted by Crippen LogP contribution is -1.95. The van der Waals surface area contributed by atoms with E-state index >= 15 is 0 Å². The molecule has 1 heterocycles. The van der Waals surface area contributed by atoms with Crippen molar-refractivity contribution in [2.45, 2.75) is 0 Å². The standard InChI is InChI=1S/C17H11ClN2O3.ClH/c18-13-3-6-16(15(9-13)12-7-8-19-20-10-12)23-14-4-1-11(2-5-14)17(21)22;/h1-10H,(H,21,22);1H. The van der Waals surface area contributed by atoms with Crippen LogP contribution in [0.5, 0.6) is 11.5 Å². The van der Waals surface area contributed by atoms with E-state index in [1.165, 1.54) is 12.1 Å². The van der Waals surface area contributed by atoms with Gasteiger partial charge in [0.05, 0.1) is 18.0 Å². The van der Waals surface area contributed by atoms with Crippen LogP contribution in [0.1, 0.15) is 10.4 Å². The van der Waals surface area contributed by atoms with E-state index < -0.39 is 5.97 Å². The zero-order chi connectivity index (χ0) is 16.2. The Kier molecular flexibility index (Phi) is 5.73. The van der Waals surface area contributed by atoms with Crippen molar-refractivity contribution in [2.24, 2.45) is 0 Å². The van der Waals surface area contributed by atoms with E-state index in [9.17, 15) is 4.79 Å². The quantitative estimate of drug-likeness (QED) is 0.727. The molecule has 122 valence electrons. The molecule has 5 nitrogen and oxygen atoms in total. The summed E-state index contributed by atoms with van der Waals surface area (Å²) in [5.74, 6) is 0.137. The second kappa shape index (κ2) is 7.77. The molecule has 3 aromatic rings. The third-order valence-corrected chi connectivity index (χ3v) is 3.40. The summed E-state index contributed by atoms with van der Waals surface area (Å²) in [6, 6.07) is 13.2. The summed E-state index contributed by atoms with van der Waals surface area (Å²) >= 11 is 6.07. The minimum absolute atomic E-state index is 0. The van der Waals surface area contributed by atoms with Crippen LogP contribution in [0.4, 0.5) is 0 Å².